The van der Waals surface area contributed by atoms with E-state index in [9.17, 15) is 9.50 Å². The van der Waals surface area contributed by atoms with Gasteiger partial charge in [-0.3, -0.25) is 0 Å². The minimum atomic E-state index is -0.631. The first-order valence-corrected chi connectivity index (χ1v) is 10.4. The maximum absolute atomic E-state index is 14.2. The molecule has 5 nitrogen and oxygen atoms in total. The van der Waals surface area contributed by atoms with E-state index in [1.54, 1.807) is 12.1 Å². The first-order chi connectivity index (χ1) is 15.1. The number of hydrogen-bond donors (Lipinski definition) is 2. The molecule has 0 saturated heterocycles. The first kappa shape index (κ1) is 21.2. The van der Waals surface area contributed by atoms with E-state index < -0.39 is 11.9 Å². The van der Waals surface area contributed by atoms with E-state index in [0.717, 1.165) is 11.1 Å². The zero-order valence-electron chi connectivity index (χ0n) is 16.7. The topological polar surface area (TPSA) is 63.0 Å². The van der Waals surface area contributed by atoms with Gasteiger partial charge in [-0.15, -0.1) is 0 Å². The van der Waals surface area contributed by atoms with Crippen LogP contribution in [0.4, 0.5) is 4.39 Å². The Hall–Kier alpha value is -3.06. The maximum atomic E-state index is 14.2. The molecule has 2 N–H and O–H groups in total. The highest BCUT2D eigenvalue weighted by Gasteiger charge is 2.16. The fraction of sp³-hybridized carbons (Fsp3) is 0.167. The van der Waals surface area contributed by atoms with Gasteiger partial charge in [-0.1, -0.05) is 78.3 Å². The predicted octanol–water partition coefficient (Wildman–Crippen LogP) is 4.61. The fourth-order valence-corrected chi connectivity index (χ4v) is 3.56. The summed E-state index contributed by atoms with van der Waals surface area (Å²) < 4.78 is 14.2. The third kappa shape index (κ3) is 5.17. The van der Waals surface area contributed by atoms with Crippen molar-refractivity contribution in [1.82, 2.24) is 20.3 Å². The van der Waals surface area contributed by atoms with E-state index in [0.29, 0.717) is 35.1 Å². The summed E-state index contributed by atoms with van der Waals surface area (Å²) in [6, 6.07) is 23.8. The van der Waals surface area contributed by atoms with Gasteiger partial charge < -0.3 is 10.4 Å². The van der Waals surface area contributed by atoms with Crippen molar-refractivity contribution in [1.29, 1.82) is 0 Å². The van der Waals surface area contributed by atoms with Crippen LogP contribution in [-0.4, -0.2) is 26.6 Å². The van der Waals surface area contributed by atoms with Gasteiger partial charge in [0.1, 0.15) is 17.2 Å². The minimum Gasteiger partial charge on any atom is -0.387 e. The molecule has 0 aliphatic carbocycles. The molecule has 1 atom stereocenters. The normalized spacial score (nSPS) is 12.1. The van der Waals surface area contributed by atoms with Crippen molar-refractivity contribution in [3.63, 3.8) is 0 Å². The summed E-state index contributed by atoms with van der Waals surface area (Å²) in [7, 11) is 0. The van der Waals surface area contributed by atoms with Crippen LogP contribution >= 0.6 is 11.6 Å². The monoisotopic (exact) mass is 436 g/mol. The van der Waals surface area contributed by atoms with Gasteiger partial charge in [0.05, 0.1) is 12.6 Å². The van der Waals surface area contributed by atoms with Gasteiger partial charge in [0.25, 0.3) is 0 Å². The highest BCUT2D eigenvalue weighted by atomic mass is 35.5. The van der Waals surface area contributed by atoms with Crippen molar-refractivity contribution in [3.8, 4) is 11.3 Å². The lowest BCUT2D eigenvalue weighted by Gasteiger charge is -2.11. The number of nitrogens with zero attached hydrogens (tertiary/aromatic N) is 3. The standard InChI is InChI=1S/C24H22ClFN4O/c25-20-12-7-13-21(26)19(20)16-30-28-22(24(29-30)18-10-5-2-6-11-18)14-27-15-23(31)17-8-3-1-4-9-17/h1-13,23,27,31H,14-16H2/t23-/m1/s1. The van der Waals surface area contributed by atoms with Crippen LogP contribution in [-0.2, 0) is 13.1 Å². The lowest BCUT2D eigenvalue weighted by atomic mass is 10.1. The Bertz CT molecular complexity index is 1110. The summed E-state index contributed by atoms with van der Waals surface area (Å²) in [5, 5.41) is 23.1. The van der Waals surface area contributed by atoms with Crippen molar-refractivity contribution in [2.24, 2.45) is 0 Å². The number of aromatic nitrogens is 3. The van der Waals surface area contributed by atoms with Crippen LogP contribution < -0.4 is 5.32 Å². The number of benzene rings is 3. The van der Waals surface area contributed by atoms with E-state index in [-0.39, 0.29) is 6.54 Å². The number of rotatable bonds is 8. The highest BCUT2D eigenvalue weighted by Crippen LogP contribution is 2.23. The molecule has 4 aromatic rings. The zero-order valence-corrected chi connectivity index (χ0v) is 17.5. The molecule has 0 aliphatic heterocycles. The Balaban J connectivity index is 1.54. The third-order valence-corrected chi connectivity index (χ3v) is 5.30. The van der Waals surface area contributed by atoms with Gasteiger partial charge >= 0.3 is 0 Å². The molecule has 1 aromatic heterocycles. The van der Waals surface area contributed by atoms with Crippen molar-refractivity contribution in [2.45, 2.75) is 19.2 Å². The Morgan fingerprint density at radius 1 is 0.935 bits per heavy atom. The molecule has 31 heavy (non-hydrogen) atoms. The van der Waals surface area contributed by atoms with Crippen molar-refractivity contribution in [2.75, 3.05) is 6.54 Å². The molecule has 7 heteroatoms. The summed E-state index contributed by atoms with van der Waals surface area (Å²) in [6.45, 7) is 0.890. The predicted molar refractivity (Wildman–Crippen MR) is 119 cm³/mol. The molecule has 0 fully saturated rings. The number of hydrogen-bond acceptors (Lipinski definition) is 4. The molecule has 0 aliphatic rings. The maximum Gasteiger partial charge on any atom is 0.129 e. The lowest BCUT2D eigenvalue weighted by Crippen LogP contribution is -2.21. The molecule has 158 valence electrons. The van der Waals surface area contributed by atoms with E-state index in [1.165, 1.54) is 10.9 Å². The third-order valence-electron chi connectivity index (χ3n) is 4.95. The van der Waals surface area contributed by atoms with Crippen molar-refractivity contribution < 1.29 is 9.50 Å². The number of aliphatic hydroxyl groups excluding tert-OH is 1. The van der Waals surface area contributed by atoms with Gasteiger partial charge in [-0.2, -0.15) is 15.0 Å². The quantitative estimate of drug-likeness (QED) is 0.423. The molecule has 0 spiro atoms. The van der Waals surface area contributed by atoms with E-state index in [2.05, 4.69) is 15.5 Å². The van der Waals surface area contributed by atoms with E-state index in [1.807, 2.05) is 60.7 Å². The van der Waals surface area contributed by atoms with Crippen LogP contribution in [0.1, 0.15) is 22.9 Å². The largest absolute Gasteiger partial charge is 0.387 e. The molecule has 1 heterocycles. The molecule has 0 bridgehead atoms. The molecule has 3 aromatic carbocycles. The van der Waals surface area contributed by atoms with Crippen LogP contribution in [0.2, 0.25) is 5.02 Å². The number of nitrogens with one attached hydrogen (secondary N) is 1. The van der Waals surface area contributed by atoms with Crippen LogP contribution in [0.5, 0.6) is 0 Å². The fourth-order valence-electron chi connectivity index (χ4n) is 3.34. The van der Waals surface area contributed by atoms with E-state index in [4.69, 9.17) is 11.6 Å². The zero-order chi connectivity index (χ0) is 21.6. The molecule has 0 radical (unpaired) electrons. The summed E-state index contributed by atoms with van der Waals surface area (Å²) in [5.41, 5.74) is 3.51. The Kier molecular flexibility index (Phi) is 6.72. The molecular formula is C24H22ClFN4O. The lowest BCUT2D eigenvalue weighted by molar-refractivity contribution is 0.174. The van der Waals surface area contributed by atoms with Gasteiger partial charge in [0.15, 0.2) is 0 Å². The summed E-state index contributed by atoms with van der Waals surface area (Å²) in [5.74, 6) is -0.392. The SMILES string of the molecule is O[C@H](CNCc1nn(Cc2c(F)cccc2Cl)nc1-c1ccccc1)c1ccccc1. The van der Waals surface area contributed by atoms with Gasteiger partial charge in [-0.25, -0.2) is 4.39 Å². The van der Waals surface area contributed by atoms with Gasteiger partial charge in [-0.05, 0) is 17.7 Å². The highest BCUT2D eigenvalue weighted by molar-refractivity contribution is 6.31. The molecule has 0 unspecified atom stereocenters. The number of aliphatic hydroxyl groups is 1. The molecule has 0 amide bonds. The van der Waals surface area contributed by atoms with Crippen molar-refractivity contribution in [3.05, 3.63) is 107 Å². The number of halogens is 2. The van der Waals surface area contributed by atoms with Crippen LogP contribution in [0.25, 0.3) is 11.3 Å². The minimum absolute atomic E-state index is 0.123. The summed E-state index contributed by atoms with van der Waals surface area (Å²) >= 11 is 6.17. The van der Waals surface area contributed by atoms with Gasteiger partial charge in [0.2, 0.25) is 0 Å². The smallest absolute Gasteiger partial charge is 0.129 e. The van der Waals surface area contributed by atoms with Crippen LogP contribution in [0.15, 0.2) is 78.9 Å². The Morgan fingerprint density at radius 2 is 1.65 bits per heavy atom. The molecule has 4 rings (SSSR count). The second kappa shape index (κ2) is 9.83. The molecular weight excluding hydrogens is 415 g/mol. The summed E-state index contributed by atoms with van der Waals surface area (Å²) in [6.07, 6.45) is -0.631. The average molecular weight is 437 g/mol. The Morgan fingerprint density at radius 3 is 2.35 bits per heavy atom. The molecule has 0 saturated carbocycles. The van der Waals surface area contributed by atoms with Crippen LogP contribution in [0.3, 0.4) is 0 Å². The second-order valence-corrected chi connectivity index (χ2v) is 7.56. The average Bonchev–Trinajstić information content (AvgIpc) is 3.20. The van der Waals surface area contributed by atoms with Crippen LogP contribution in [0, 0.1) is 5.82 Å². The Labute approximate surface area is 185 Å². The van der Waals surface area contributed by atoms with E-state index >= 15 is 0 Å². The first-order valence-electron chi connectivity index (χ1n) is 9.98. The summed E-state index contributed by atoms with van der Waals surface area (Å²) in [4.78, 5) is 1.46. The van der Waals surface area contributed by atoms with Gasteiger partial charge in [0, 0.05) is 29.2 Å². The van der Waals surface area contributed by atoms with Crippen molar-refractivity contribution >= 4 is 11.6 Å². The second-order valence-electron chi connectivity index (χ2n) is 7.15.